The smallest absolute Gasteiger partial charge is 0.186 e. The first-order valence-corrected chi connectivity index (χ1v) is 7.54. The summed E-state index contributed by atoms with van der Waals surface area (Å²) in [5.41, 5.74) is 0. The van der Waals surface area contributed by atoms with Crippen LogP contribution in [0.2, 0.25) is 0 Å². The van der Waals surface area contributed by atoms with Crippen molar-refractivity contribution in [1.29, 1.82) is 0 Å². The number of aryl methyl sites for hydroxylation is 1. The SMILES string of the molecule is CNCCCc1nnc(C2COc3ccccc3O2)s1. The molecule has 0 amide bonds. The van der Waals surface area contributed by atoms with Crippen molar-refractivity contribution in [2.45, 2.75) is 18.9 Å². The van der Waals surface area contributed by atoms with Gasteiger partial charge in [0.1, 0.15) is 11.6 Å². The first-order chi connectivity index (χ1) is 9.86. The zero-order valence-corrected chi connectivity index (χ0v) is 12.2. The van der Waals surface area contributed by atoms with Crippen LogP contribution < -0.4 is 14.8 Å². The maximum atomic E-state index is 5.93. The Morgan fingerprint density at radius 1 is 1.30 bits per heavy atom. The van der Waals surface area contributed by atoms with Gasteiger partial charge in [-0.2, -0.15) is 0 Å². The lowest BCUT2D eigenvalue weighted by Crippen LogP contribution is -2.21. The van der Waals surface area contributed by atoms with Gasteiger partial charge in [-0.25, -0.2) is 0 Å². The number of hydrogen-bond donors (Lipinski definition) is 1. The molecule has 1 aromatic carbocycles. The molecular weight excluding hydrogens is 274 g/mol. The summed E-state index contributed by atoms with van der Waals surface area (Å²) in [5.74, 6) is 1.57. The fourth-order valence-electron chi connectivity index (χ4n) is 2.06. The van der Waals surface area contributed by atoms with Crippen molar-refractivity contribution in [2.24, 2.45) is 0 Å². The third-order valence-electron chi connectivity index (χ3n) is 3.08. The van der Waals surface area contributed by atoms with E-state index in [-0.39, 0.29) is 6.10 Å². The molecule has 0 aliphatic carbocycles. The largest absolute Gasteiger partial charge is 0.485 e. The first kappa shape index (κ1) is 13.3. The van der Waals surface area contributed by atoms with E-state index in [4.69, 9.17) is 9.47 Å². The number of hydrogen-bond acceptors (Lipinski definition) is 6. The van der Waals surface area contributed by atoms with Crippen molar-refractivity contribution in [3.8, 4) is 11.5 Å². The summed E-state index contributed by atoms with van der Waals surface area (Å²) in [5, 5.41) is 13.5. The highest BCUT2D eigenvalue weighted by Crippen LogP contribution is 2.36. The van der Waals surface area contributed by atoms with Gasteiger partial charge in [0.25, 0.3) is 0 Å². The molecule has 0 radical (unpaired) electrons. The van der Waals surface area contributed by atoms with E-state index in [1.54, 1.807) is 11.3 Å². The quantitative estimate of drug-likeness (QED) is 0.856. The number of nitrogens with one attached hydrogen (secondary N) is 1. The van der Waals surface area contributed by atoms with Gasteiger partial charge >= 0.3 is 0 Å². The summed E-state index contributed by atoms with van der Waals surface area (Å²) in [6.45, 7) is 1.48. The zero-order chi connectivity index (χ0) is 13.8. The second kappa shape index (κ2) is 6.19. The Balaban J connectivity index is 1.66. The number of aromatic nitrogens is 2. The minimum Gasteiger partial charge on any atom is -0.485 e. The van der Waals surface area contributed by atoms with E-state index in [9.17, 15) is 0 Å². The molecule has 1 aliphatic heterocycles. The van der Waals surface area contributed by atoms with Crippen LogP contribution in [0.3, 0.4) is 0 Å². The third-order valence-corrected chi connectivity index (χ3v) is 4.16. The molecule has 1 unspecified atom stereocenters. The van der Waals surface area contributed by atoms with Crippen LogP contribution in [0.1, 0.15) is 22.5 Å². The standard InChI is InChI=1S/C14H17N3O2S/c1-15-8-4-7-13-16-17-14(20-13)12-9-18-10-5-2-3-6-11(10)19-12/h2-3,5-6,12,15H,4,7-9H2,1H3. The summed E-state index contributed by atoms with van der Waals surface area (Å²) >= 11 is 1.61. The number of para-hydroxylation sites is 2. The van der Waals surface area contributed by atoms with Crippen LogP contribution in [0.15, 0.2) is 24.3 Å². The van der Waals surface area contributed by atoms with Gasteiger partial charge in [-0.05, 0) is 32.1 Å². The monoisotopic (exact) mass is 291 g/mol. The molecule has 5 nitrogen and oxygen atoms in total. The first-order valence-electron chi connectivity index (χ1n) is 6.72. The van der Waals surface area contributed by atoms with Crippen LogP contribution >= 0.6 is 11.3 Å². The summed E-state index contributed by atoms with van der Waals surface area (Å²) in [4.78, 5) is 0. The molecule has 106 valence electrons. The van der Waals surface area contributed by atoms with Crippen molar-refractivity contribution in [3.63, 3.8) is 0 Å². The van der Waals surface area contributed by atoms with Gasteiger partial charge in [0.15, 0.2) is 22.6 Å². The number of nitrogens with zero attached hydrogens (tertiary/aromatic N) is 2. The Labute approximate surface area is 121 Å². The molecule has 1 aliphatic rings. The van der Waals surface area contributed by atoms with Gasteiger partial charge in [-0.3, -0.25) is 0 Å². The van der Waals surface area contributed by atoms with E-state index in [1.807, 2.05) is 31.3 Å². The van der Waals surface area contributed by atoms with Crippen molar-refractivity contribution in [2.75, 3.05) is 20.2 Å². The number of ether oxygens (including phenoxy) is 2. The van der Waals surface area contributed by atoms with E-state index in [0.29, 0.717) is 6.61 Å². The summed E-state index contributed by atoms with van der Waals surface area (Å²) < 4.78 is 11.6. The molecule has 2 aromatic rings. The minimum atomic E-state index is -0.152. The van der Waals surface area contributed by atoms with Gasteiger partial charge in [-0.1, -0.05) is 23.5 Å². The van der Waals surface area contributed by atoms with Gasteiger partial charge in [-0.15, -0.1) is 10.2 Å². The lowest BCUT2D eigenvalue weighted by Gasteiger charge is -2.24. The average molecular weight is 291 g/mol. The Kier molecular flexibility index (Phi) is 4.13. The lowest BCUT2D eigenvalue weighted by molar-refractivity contribution is 0.0906. The van der Waals surface area contributed by atoms with Crippen LogP contribution in [0, 0.1) is 0 Å². The maximum Gasteiger partial charge on any atom is 0.186 e. The van der Waals surface area contributed by atoms with E-state index in [0.717, 1.165) is 40.9 Å². The molecule has 0 bridgehead atoms. The molecule has 20 heavy (non-hydrogen) atoms. The lowest BCUT2D eigenvalue weighted by atomic mass is 10.3. The zero-order valence-electron chi connectivity index (χ0n) is 11.3. The molecular formula is C14H17N3O2S. The Morgan fingerprint density at radius 3 is 3.00 bits per heavy atom. The summed E-state index contributed by atoms with van der Waals surface area (Å²) in [7, 11) is 1.95. The predicted molar refractivity (Wildman–Crippen MR) is 77.5 cm³/mol. The maximum absolute atomic E-state index is 5.93. The fraction of sp³-hybridized carbons (Fsp3) is 0.429. The molecule has 0 fully saturated rings. The number of rotatable bonds is 5. The average Bonchev–Trinajstić information content (AvgIpc) is 2.96. The van der Waals surface area contributed by atoms with Gasteiger partial charge < -0.3 is 14.8 Å². The van der Waals surface area contributed by atoms with Crippen molar-refractivity contribution in [3.05, 3.63) is 34.3 Å². The Bertz CT molecular complexity index is 573. The Hall–Kier alpha value is -1.66. The van der Waals surface area contributed by atoms with Crippen LogP contribution in [-0.4, -0.2) is 30.4 Å². The Morgan fingerprint density at radius 2 is 2.15 bits per heavy atom. The molecule has 2 heterocycles. The number of fused-ring (bicyclic) bond motifs is 1. The highest BCUT2D eigenvalue weighted by molar-refractivity contribution is 7.11. The van der Waals surface area contributed by atoms with Crippen LogP contribution in [0.25, 0.3) is 0 Å². The molecule has 1 aromatic heterocycles. The summed E-state index contributed by atoms with van der Waals surface area (Å²) in [6.07, 6.45) is 1.86. The van der Waals surface area contributed by atoms with E-state index >= 15 is 0 Å². The van der Waals surface area contributed by atoms with Crippen molar-refractivity contribution >= 4 is 11.3 Å². The molecule has 1 N–H and O–H groups in total. The second-order valence-corrected chi connectivity index (χ2v) is 5.70. The minimum absolute atomic E-state index is 0.152. The van der Waals surface area contributed by atoms with Crippen LogP contribution in [0.5, 0.6) is 11.5 Å². The topological polar surface area (TPSA) is 56.3 Å². The molecule has 1 atom stereocenters. The highest BCUT2D eigenvalue weighted by Gasteiger charge is 2.25. The molecule has 0 spiro atoms. The normalized spacial score (nSPS) is 17.1. The van der Waals surface area contributed by atoms with E-state index in [1.165, 1.54) is 0 Å². The molecule has 0 saturated heterocycles. The van der Waals surface area contributed by atoms with Crippen LogP contribution in [0.4, 0.5) is 0 Å². The van der Waals surface area contributed by atoms with Gasteiger partial charge in [0.2, 0.25) is 0 Å². The molecule has 0 saturated carbocycles. The molecule has 6 heteroatoms. The van der Waals surface area contributed by atoms with Crippen molar-refractivity contribution < 1.29 is 9.47 Å². The fourth-order valence-corrected chi connectivity index (χ4v) is 2.95. The highest BCUT2D eigenvalue weighted by atomic mass is 32.1. The van der Waals surface area contributed by atoms with Gasteiger partial charge in [0, 0.05) is 6.42 Å². The van der Waals surface area contributed by atoms with Gasteiger partial charge in [0.05, 0.1) is 0 Å². The van der Waals surface area contributed by atoms with Crippen LogP contribution in [-0.2, 0) is 6.42 Å². The van der Waals surface area contributed by atoms with Crippen molar-refractivity contribution in [1.82, 2.24) is 15.5 Å². The predicted octanol–water partition coefficient (Wildman–Crippen LogP) is 2.20. The summed E-state index contributed by atoms with van der Waals surface area (Å²) in [6, 6.07) is 7.70. The third kappa shape index (κ3) is 2.91. The van der Waals surface area contributed by atoms with E-state index < -0.39 is 0 Å². The molecule has 3 rings (SSSR count). The second-order valence-electron chi connectivity index (χ2n) is 4.61. The number of benzene rings is 1. The van der Waals surface area contributed by atoms with E-state index in [2.05, 4.69) is 15.5 Å².